The number of carboxylic acids is 1. The van der Waals surface area contributed by atoms with Crippen molar-refractivity contribution in [2.24, 2.45) is 17.4 Å². The molecule has 0 bridgehead atoms. The van der Waals surface area contributed by atoms with Crippen molar-refractivity contribution in [3.63, 3.8) is 0 Å². The zero-order chi connectivity index (χ0) is 88.3. The van der Waals surface area contributed by atoms with Crippen molar-refractivity contribution in [3.8, 4) is 0 Å². The number of carbonyl (C=O) groups is 17. The van der Waals surface area contributed by atoms with Gasteiger partial charge in [0.15, 0.2) is 10.9 Å². The number of aliphatic hydroxyl groups excluding tert-OH is 1. The number of hydrogen-bond acceptors (Lipinski definition) is 27. The van der Waals surface area contributed by atoms with Gasteiger partial charge in [0.05, 0.1) is 83.6 Å². The summed E-state index contributed by atoms with van der Waals surface area (Å²) in [7, 11) is 0. The Bertz CT molecular complexity index is 3190. The van der Waals surface area contributed by atoms with Gasteiger partial charge < -0.3 is 117 Å². The Morgan fingerprint density at radius 1 is 0.504 bits per heavy atom. The van der Waals surface area contributed by atoms with Gasteiger partial charge in [0.2, 0.25) is 76.8 Å². The second-order valence-corrected chi connectivity index (χ2v) is 29.4. The van der Waals surface area contributed by atoms with Crippen molar-refractivity contribution < 1.29 is 120 Å². The van der Waals surface area contributed by atoms with Crippen LogP contribution in [-0.4, -0.2) is 353 Å². The highest BCUT2D eigenvalue weighted by Gasteiger charge is 2.45. The highest BCUT2D eigenvalue weighted by molar-refractivity contribution is 8.14. The third-order valence-corrected chi connectivity index (χ3v) is 19.7. The van der Waals surface area contributed by atoms with Gasteiger partial charge in [0.1, 0.15) is 36.6 Å². The average molecular weight is 1710 g/mol. The number of nitrogens with zero attached hydrogens (tertiary/aromatic N) is 5. The monoisotopic (exact) mass is 1710 g/mol. The fourth-order valence-electron chi connectivity index (χ4n) is 12.5. The number of amidine groups is 1. The van der Waals surface area contributed by atoms with Crippen LogP contribution in [0.5, 0.6) is 0 Å². The molecule has 2 fully saturated rings. The van der Waals surface area contributed by atoms with Gasteiger partial charge in [-0.25, -0.2) is 4.79 Å². The predicted octanol–water partition coefficient (Wildman–Crippen LogP) is -3.08. The molecule has 2 aliphatic rings. The third-order valence-electron chi connectivity index (χ3n) is 18.9. The van der Waals surface area contributed by atoms with Crippen LogP contribution >= 0.6 is 11.8 Å². The molecule has 0 saturated carbocycles. The van der Waals surface area contributed by atoms with E-state index in [4.69, 9.17) is 45.3 Å². The molecule has 119 heavy (non-hydrogen) atoms. The molecular formula is C77H132N16O25S. The molecule has 676 valence electrons. The molecule has 0 unspecified atom stereocenters. The number of unbranched alkanes of at least 4 members (excludes halogenated alkanes) is 2. The van der Waals surface area contributed by atoms with Gasteiger partial charge in [-0.2, -0.15) is 0 Å². The number of thioether (sulfide) groups is 1. The van der Waals surface area contributed by atoms with E-state index in [0.717, 1.165) is 4.90 Å². The highest BCUT2D eigenvalue weighted by Crippen LogP contribution is 2.29. The first-order valence-corrected chi connectivity index (χ1v) is 42.2. The summed E-state index contributed by atoms with van der Waals surface area (Å²) in [6.45, 7) is 9.03. The minimum absolute atomic E-state index is 0.0174. The maximum absolute atomic E-state index is 14.5. The smallest absolute Gasteiger partial charge is 0.326 e. The Kier molecular flexibility index (Phi) is 57.1. The molecule has 15 N–H and O–H groups in total. The van der Waals surface area contributed by atoms with E-state index in [2.05, 4.69) is 42.5 Å². The van der Waals surface area contributed by atoms with Crippen LogP contribution in [0.3, 0.4) is 0 Å². The molecule has 0 aliphatic carbocycles. The maximum Gasteiger partial charge on any atom is 0.326 e. The van der Waals surface area contributed by atoms with Crippen LogP contribution in [0, 0.1) is 11.3 Å². The van der Waals surface area contributed by atoms with E-state index in [9.17, 15) is 91.7 Å². The van der Waals surface area contributed by atoms with E-state index in [1.165, 1.54) is 33.4 Å². The van der Waals surface area contributed by atoms with Crippen molar-refractivity contribution in [1.29, 1.82) is 5.41 Å². The average Bonchev–Trinajstić information content (AvgIpc) is 1.66. The van der Waals surface area contributed by atoms with E-state index in [1.807, 2.05) is 20.8 Å². The van der Waals surface area contributed by atoms with Crippen molar-refractivity contribution in [2.75, 3.05) is 183 Å². The first-order valence-electron chi connectivity index (χ1n) is 41.2. The maximum atomic E-state index is 14.5. The van der Waals surface area contributed by atoms with Crippen LogP contribution in [0.1, 0.15) is 163 Å². The van der Waals surface area contributed by atoms with Gasteiger partial charge in [0, 0.05) is 175 Å². The molecule has 2 heterocycles. The summed E-state index contributed by atoms with van der Waals surface area (Å²) in [6, 6.07) is -4.65. The van der Waals surface area contributed by atoms with Crippen LogP contribution in [0.15, 0.2) is 0 Å². The summed E-state index contributed by atoms with van der Waals surface area (Å²) in [5.41, 5.74) is 11.2. The van der Waals surface area contributed by atoms with Gasteiger partial charge in [-0.15, -0.1) is 0 Å². The molecule has 0 spiro atoms. The largest absolute Gasteiger partial charge is 0.480 e. The van der Waals surface area contributed by atoms with E-state index in [0.29, 0.717) is 89.9 Å². The lowest BCUT2D eigenvalue weighted by Gasteiger charge is -2.33. The Morgan fingerprint density at radius 2 is 0.950 bits per heavy atom. The minimum Gasteiger partial charge on any atom is -0.480 e. The van der Waals surface area contributed by atoms with Gasteiger partial charge >= 0.3 is 5.97 Å². The van der Waals surface area contributed by atoms with E-state index in [-0.39, 0.29) is 224 Å². The SMILES string of the molecule is CCOCCNC(=O)CCN(CCC(=O)NCCOCC)C(=O)CCC(=O)CCN(CCC(=O)NCC(=O)N(CCC(=O)NCCOCCOCC)CCC(=O)NCCOCCOCC(=O)N[C@H](C(=O)C[C@@H](CCCCN)C(=O)N1CCC[C@H]1C(=O)N1CCC[C@@H]1C(=O)N[C@@H](CCCCC(=N)N)C(=O)O)[C@H](C)O)C(=O)CNC(=O)CSC(C)=O. The Hall–Kier alpha value is -8.91. The standard InChI is InChI=1S/C77H132N16O25S/c1-6-113-41-29-81-63(98)23-36-89(37-24-64(99)82-30-42-114-7-2)70(105)21-20-57(96)22-35-90(72(107)51-86-69(104)53-119-55(5)95)40-27-67(102)85-50-71(106)91(38-25-65(100)83-31-43-116-46-45-115-8-3)39-26-66(101)84-32-44-117-47-48-118-52-68(103)88-73(54(4)94)61(97)49-56(15-11-12-28-78)75(109)93-34-14-18-60(93)76(110)92-33-13-17-59(92)74(108)87-58(77(111)112)16-9-10-19-62(79)80/h54,56,58-60,73,94H,6-53,78H2,1-5H3,(H3,79,80)(H,81,98)(H,82,99)(H,83,100)(H,84,101)(H,85,102)(H,86,104)(H,87,108)(H,88,103)(H,111,112)/t54-,56+,58-,59+,60-,73-/m0/s1. The number of ether oxygens (including phenoxy) is 6. The van der Waals surface area contributed by atoms with Crippen molar-refractivity contribution >= 4 is 117 Å². The molecule has 0 aromatic rings. The number of aliphatic carboxylic acids is 1. The van der Waals surface area contributed by atoms with Gasteiger partial charge in [-0.3, -0.25) is 82.1 Å². The Labute approximate surface area is 700 Å². The zero-order valence-electron chi connectivity index (χ0n) is 70.0. The summed E-state index contributed by atoms with van der Waals surface area (Å²) >= 11 is 0.713. The van der Waals surface area contributed by atoms with Crippen LogP contribution in [0.4, 0.5) is 0 Å². The fourth-order valence-corrected chi connectivity index (χ4v) is 12.9. The van der Waals surface area contributed by atoms with Crippen LogP contribution in [0.2, 0.25) is 0 Å². The van der Waals surface area contributed by atoms with Gasteiger partial charge in [-0.1, -0.05) is 24.6 Å². The minimum atomic E-state index is -1.46. The molecule has 0 radical (unpaired) electrons. The zero-order valence-corrected chi connectivity index (χ0v) is 70.8. The second-order valence-electron chi connectivity index (χ2n) is 28.3. The van der Waals surface area contributed by atoms with E-state index in [1.54, 1.807) is 0 Å². The number of carbonyl (C=O) groups excluding carboxylic acids is 16. The normalized spacial score (nSPS) is 14.6. The van der Waals surface area contributed by atoms with E-state index < -0.39 is 151 Å². The first-order chi connectivity index (χ1) is 57.0. The second kappa shape index (κ2) is 64.0. The number of hydrogen-bond donors (Lipinski definition) is 13. The molecule has 2 rings (SSSR count). The van der Waals surface area contributed by atoms with Crippen LogP contribution in [0.25, 0.3) is 0 Å². The number of likely N-dealkylation sites (tertiary alicyclic amines) is 2. The molecule has 6 atom stereocenters. The fraction of sp³-hybridized carbons (Fsp3) is 0.766. The number of nitrogens with two attached hydrogens (primary N) is 2. The molecule has 0 aromatic heterocycles. The molecule has 13 amide bonds. The topological polar surface area (TPSA) is 574 Å². The number of aliphatic hydroxyl groups is 1. The quantitative estimate of drug-likeness (QED) is 0.0163. The lowest BCUT2D eigenvalue weighted by atomic mass is 9.90. The van der Waals surface area contributed by atoms with Gasteiger partial charge in [0.25, 0.3) is 0 Å². The Morgan fingerprint density at radius 3 is 1.44 bits per heavy atom. The van der Waals surface area contributed by atoms with Gasteiger partial charge in [-0.05, 0) is 85.6 Å². The first kappa shape index (κ1) is 106. The number of rotatable bonds is 69. The number of nitrogens with one attached hydrogen (secondary N) is 9. The van der Waals surface area contributed by atoms with Crippen molar-refractivity contribution in [2.45, 2.75) is 193 Å². The summed E-state index contributed by atoms with van der Waals surface area (Å²) in [4.78, 5) is 231. The lowest BCUT2D eigenvalue weighted by Crippen LogP contribution is -2.55. The van der Waals surface area contributed by atoms with E-state index >= 15 is 0 Å². The van der Waals surface area contributed by atoms with Crippen molar-refractivity contribution in [3.05, 3.63) is 0 Å². The molecular weight excluding hydrogens is 1580 g/mol. The number of ketones is 2. The number of carboxylic acid groups (broad SMARTS) is 1. The molecule has 42 heteroatoms. The lowest BCUT2D eigenvalue weighted by molar-refractivity contribution is -0.149. The molecule has 2 aliphatic heterocycles. The molecule has 0 aromatic carbocycles. The summed E-state index contributed by atoms with van der Waals surface area (Å²) in [6.07, 6.45) is -0.0249. The molecule has 41 nitrogen and oxygen atoms in total. The number of amides is 13. The highest BCUT2D eigenvalue weighted by atomic mass is 32.2. The summed E-state index contributed by atoms with van der Waals surface area (Å²) in [5, 5.41) is 48.4. The van der Waals surface area contributed by atoms with Crippen LogP contribution < -0.4 is 54.0 Å². The Balaban J connectivity index is 2.06. The molecule has 2 saturated heterocycles. The summed E-state index contributed by atoms with van der Waals surface area (Å²) in [5.74, 6) is -11.0. The number of Topliss-reactive ketones (excluding diaryl/α,β-unsaturated/α-hetero) is 2. The van der Waals surface area contributed by atoms with Crippen LogP contribution in [-0.2, 0) is 110 Å². The van der Waals surface area contributed by atoms with Crippen molar-refractivity contribution in [1.82, 2.24) is 67.0 Å². The third kappa shape index (κ3) is 48.2. The predicted molar refractivity (Wildman–Crippen MR) is 434 cm³/mol. The summed E-state index contributed by atoms with van der Waals surface area (Å²) < 4.78 is 32.2.